The Kier molecular flexibility index (Phi) is 4.65. The van der Waals surface area contributed by atoms with E-state index >= 15 is 0 Å². The Labute approximate surface area is 151 Å². The van der Waals surface area contributed by atoms with Crippen molar-refractivity contribution in [3.05, 3.63) is 66.2 Å². The first-order chi connectivity index (χ1) is 11.8. The molecule has 1 aromatic heterocycles. The standard InChI is InChI=1S/C21H27N3Si/c1-21(2,3)25(4,5)20-22-19(18-14-10-7-11-15-18)23-24(20)16-17-12-8-6-9-13-17/h6-15H,16H2,1-5H3. The summed E-state index contributed by atoms with van der Waals surface area (Å²) in [5.74, 6) is 0.830. The Morgan fingerprint density at radius 3 is 2.00 bits per heavy atom. The van der Waals surface area contributed by atoms with E-state index in [-0.39, 0.29) is 5.04 Å². The molecular formula is C21H27N3Si. The molecule has 0 aliphatic rings. The predicted molar refractivity (Wildman–Crippen MR) is 108 cm³/mol. The van der Waals surface area contributed by atoms with Crippen LogP contribution in [0, 0.1) is 0 Å². The summed E-state index contributed by atoms with van der Waals surface area (Å²) in [7, 11) is -1.80. The highest BCUT2D eigenvalue weighted by Gasteiger charge is 2.41. The van der Waals surface area contributed by atoms with E-state index < -0.39 is 8.07 Å². The van der Waals surface area contributed by atoms with Gasteiger partial charge in [0.25, 0.3) is 0 Å². The maximum absolute atomic E-state index is 5.03. The fraction of sp³-hybridized carbons (Fsp3) is 0.333. The van der Waals surface area contributed by atoms with Crippen molar-refractivity contribution in [1.82, 2.24) is 14.8 Å². The van der Waals surface area contributed by atoms with E-state index in [1.807, 2.05) is 18.2 Å². The zero-order valence-electron chi connectivity index (χ0n) is 15.8. The summed E-state index contributed by atoms with van der Waals surface area (Å²) in [4.78, 5) is 5.03. The lowest BCUT2D eigenvalue weighted by atomic mass is 10.2. The Morgan fingerprint density at radius 1 is 0.880 bits per heavy atom. The average molecular weight is 350 g/mol. The summed E-state index contributed by atoms with van der Waals surface area (Å²) in [5, 5.41) is 5.11. The lowest BCUT2D eigenvalue weighted by molar-refractivity contribution is 0.683. The van der Waals surface area contributed by atoms with Crippen LogP contribution in [0.2, 0.25) is 18.1 Å². The number of hydrogen-bond acceptors (Lipinski definition) is 2. The normalized spacial score (nSPS) is 12.4. The first-order valence-electron chi connectivity index (χ1n) is 8.84. The Morgan fingerprint density at radius 2 is 1.44 bits per heavy atom. The van der Waals surface area contributed by atoms with Gasteiger partial charge in [0.15, 0.2) is 5.82 Å². The molecule has 3 aromatic rings. The van der Waals surface area contributed by atoms with Crippen LogP contribution in [0.5, 0.6) is 0 Å². The van der Waals surface area contributed by atoms with Gasteiger partial charge < -0.3 is 0 Å². The van der Waals surface area contributed by atoms with E-state index in [0.29, 0.717) is 0 Å². The minimum atomic E-state index is -1.80. The smallest absolute Gasteiger partial charge is 0.180 e. The molecule has 0 aliphatic carbocycles. The molecule has 0 saturated carbocycles. The molecule has 3 nitrogen and oxygen atoms in total. The number of rotatable bonds is 4. The second-order valence-corrected chi connectivity index (χ2v) is 13.3. The van der Waals surface area contributed by atoms with Crippen LogP contribution in [-0.2, 0) is 6.54 Å². The third-order valence-electron chi connectivity index (χ3n) is 5.31. The maximum Gasteiger partial charge on any atom is 0.180 e. The summed E-state index contributed by atoms with van der Waals surface area (Å²) >= 11 is 0. The first kappa shape index (κ1) is 17.6. The Hall–Kier alpha value is -2.20. The minimum absolute atomic E-state index is 0.211. The van der Waals surface area contributed by atoms with E-state index in [9.17, 15) is 0 Å². The molecule has 0 atom stereocenters. The van der Waals surface area contributed by atoms with Crippen LogP contribution >= 0.6 is 0 Å². The molecule has 0 radical (unpaired) electrons. The highest BCUT2D eigenvalue weighted by molar-refractivity contribution is 6.91. The number of benzene rings is 2. The lowest BCUT2D eigenvalue weighted by Crippen LogP contribution is -2.54. The lowest BCUT2D eigenvalue weighted by Gasteiger charge is -2.35. The summed E-state index contributed by atoms with van der Waals surface area (Å²) in [6, 6.07) is 20.8. The summed E-state index contributed by atoms with van der Waals surface area (Å²) < 4.78 is 2.13. The van der Waals surface area contributed by atoms with Crippen LogP contribution in [0.1, 0.15) is 26.3 Å². The van der Waals surface area contributed by atoms with Crippen LogP contribution in [0.25, 0.3) is 11.4 Å². The second-order valence-electron chi connectivity index (χ2n) is 8.14. The van der Waals surface area contributed by atoms with Gasteiger partial charge in [-0.05, 0) is 10.6 Å². The van der Waals surface area contributed by atoms with Gasteiger partial charge in [-0.25, -0.2) is 9.67 Å². The van der Waals surface area contributed by atoms with E-state index in [1.165, 1.54) is 11.0 Å². The fourth-order valence-corrected chi connectivity index (χ4v) is 4.55. The zero-order valence-corrected chi connectivity index (χ0v) is 16.8. The van der Waals surface area contributed by atoms with Crippen molar-refractivity contribution in [2.75, 3.05) is 0 Å². The molecular weight excluding hydrogens is 322 g/mol. The van der Waals surface area contributed by atoms with Crippen molar-refractivity contribution in [2.24, 2.45) is 0 Å². The van der Waals surface area contributed by atoms with Gasteiger partial charge in [0.2, 0.25) is 0 Å². The molecule has 0 N–H and O–H groups in total. The van der Waals surface area contributed by atoms with Gasteiger partial charge in [0.1, 0.15) is 13.5 Å². The van der Waals surface area contributed by atoms with Crippen molar-refractivity contribution in [3.63, 3.8) is 0 Å². The topological polar surface area (TPSA) is 30.7 Å². The van der Waals surface area contributed by atoms with Crippen molar-refractivity contribution in [3.8, 4) is 11.4 Å². The summed E-state index contributed by atoms with van der Waals surface area (Å²) in [6.07, 6.45) is 0. The van der Waals surface area contributed by atoms with Gasteiger partial charge in [-0.3, -0.25) is 0 Å². The molecule has 4 heteroatoms. The van der Waals surface area contributed by atoms with E-state index in [1.54, 1.807) is 0 Å². The van der Waals surface area contributed by atoms with Crippen molar-refractivity contribution in [1.29, 1.82) is 0 Å². The van der Waals surface area contributed by atoms with E-state index in [0.717, 1.165) is 17.9 Å². The van der Waals surface area contributed by atoms with Crippen LogP contribution in [0.15, 0.2) is 60.7 Å². The van der Waals surface area contributed by atoms with Gasteiger partial charge in [0, 0.05) is 5.56 Å². The zero-order chi connectivity index (χ0) is 18.1. The fourth-order valence-electron chi connectivity index (χ4n) is 2.72. The number of nitrogens with zero attached hydrogens (tertiary/aromatic N) is 3. The first-order valence-corrected chi connectivity index (χ1v) is 11.8. The average Bonchev–Trinajstić information content (AvgIpc) is 3.00. The number of hydrogen-bond donors (Lipinski definition) is 0. The second kappa shape index (κ2) is 6.60. The van der Waals surface area contributed by atoms with Gasteiger partial charge in [0.05, 0.1) is 6.54 Å². The summed E-state index contributed by atoms with van der Waals surface area (Å²) in [5.41, 5.74) is 3.50. The van der Waals surface area contributed by atoms with Gasteiger partial charge in [-0.2, -0.15) is 5.10 Å². The molecule has 0 spiro atoms. The minimum Gasteiger partial charge on any atom is -0.250 e. The molecule has 3 rings (SSSR count). The van der Waals surface area contributed by atoms with Crippen molar-refractivity contribution in [2.45, 2.75) is 45.4 Å². The highest BCUT2D eigenvalue weighted by atomic mass is 28.3. The summed E-state index contributed by atoms with van der Waals surface area (Å²) in [6.45, 7) is 12.5. The van der Waals surface area contributed by atoms with Gasteiger partial charge in [-0.1, -0.05) is 94.5 Å². The van der Waals surface area contributed by atoms with Crippen molar-refractivity contribution >= 4 is 13.5 Å². The molecule has 25 heavy (non-hydrogen) atoms. The van der Waals surface area contributed by atoms with E-state index in [2.05, 4.69) is 81.0 Å². The quantitative estimate of drug-likeness (QED) is 0.639. The molecule has 130 valence electrons. The van der Waals surface area contributed by atoms with Crippen LogP contribution in [-0.4, -0.2) is 22.8 Å². The monoisotopic (exact) mass is 349 g/mol. The maximum atomic E-state index is 5.03. The molecule has 0 fully saturated rings. The largest absolute Gasteiger partial charge is 0.250 e. The third kappa shape index (κ3) is 3.59. The van der Waals surface area contributed by atoms with Gasteiger partial charge in [-0.15, -0.1) is 0 Å². The molecule has 2 aromatic carbocycles. The SMILES string of the molecule is CC(C)(C)[Si](C)(C)c1nc(-c2ccccc2)nn1Cc1ccccc1. The number of aromatic nitrogens is 3. The molecule has 0 saturated heterocycles. The van der Waals surface area contributed by atoms with Crippen LogP contribution in [0.4, 0.5) is 0 Å². The molecule has 1 heterocycles. The Balaban J connectivity index is 2.10. The van der Waals surface area contributed by atoms with Crippen molar-refractivity contribution < 1.29 is 0 Å². The third-order valence-corrected chi connectivity index (χ3v) is 10.6. The predicted octanol–water partition coefficient (Wildman–Crippen LogP) is 4.71. The van der Waals surface area contributed by atoms with Gasteiger partial charge >= 0.3 is 0 Å². The van der Waals surface area contributed by atoms with E-state index in [4.69, 9.17) is 10.1 Å². The molecule has 0 unspecified atom stereocenters. The van der Waals surface area contributed by atoms with Crippen LogP contribution < -0.4 is 5.45 Å². The molecule has 0 amide bonds. The highest BCUT2D eigenvalue weighted by Crippen LogP contribution is 2.35. The van der Waals surface area contributed by atoms with Crippen LogP contribution in [0.3, 0.4) is 0 Å². The Bertz CT molecular complexity index is 831. The molecule has 0 bridgehead atoms. The molecule has 0 aliphatic heterocycles.